The van der Waals surface area contributed by atoms with Crippen molar-refractivity contribution in [3.63, 3.8) is 0 Å². The Balaban J connectivity index is 0.000000687. The fourth-order valence-electron chi connectivity index (χ4n) is 9.21. The number of rotatable bonds is 35. The number of fused-ring (bicyclic) bond motifs is 6. The van der Waals surface area contributed by atoms with Crippen LogP contribution in [0.4, 0.5) is 18.4 Å². The molecule has 0 aromatic heterocycles. The fraction of sp³-hybridized carbons (Fsp3) is 0.500. The van der Waals surface area contributed by atoms with Crippen LogP contribution in [-0.2, 0) is 52.5 Å². The Labute approximate surface area is 560 Å². The minimum Gasteiger partial charge on any atom is -0.480 e. The molecular weight excluding hydrogens is 1250 g/mol. The summed E-state index contributed by atoms with van der Waals surface area (Å²) in [5.41, 5.74) is 38.1. The molecule has 0 atom stereocenters. The van der Waals surface area contributed by atoms with E-state index < -0.39 is 44.9 Å². The van der Waals surface area contributed by atoms with Gasteiger partial charge in [0.25, 0.3) is 0 Å². The van der Waals surface area contributed by atoms with Crippen LogP contribution < -0.4 is 11.1 Å². The Morgan fingerprint density at radius 2 is 0.823 bits per heavy atom. The lowest BCUT2D eigenvalue weighted by atomic mass is 9.98. The lowest BCUT2D eigenvalue weighted by Crippen LogP contribution is -2.41. The van der Waals surface area contributed by atoms with E-state index in [4.69, 9.17) is 53.9 Å². The molecule has 4 aromatic carbocycles. The number of nitrogens with two attached hydrogens (primary N) is 1. The molecule has 0 unspecified atom stereocenters. The van der Waals surface area contributed by atoms with Crippen LogP contribution in [0.3, 0.4) is 0 Å². The maximum atomic E-state index is 12.6. The highest BCUT2D eigenvalue weighted by Gasteiger charge is 2.32. The predicted octanol–water partition coefficient (Wildman–Crippen LogP) is 8.20. The number of nitrogens with one attached hydrogen (secondary N) is 1. The van der Waals surface area contributed by atoms with Gasteiger partial charge in [-0.15, -0.1) is 0 Å². The van der Waals surface area contributed by atoms with Crippen molar-refractivity contribution >= 4 is 47.4 Å². The number of carbonyl (C=O) groups excluding carboxylic acids is 7. The van der Waals surface area contributed by atoms with E-state index in [9.17, 15) is 47.1 Å². The van der Waals surface area contributed by atoms with Crippen molar-refractivity contribution in [3.05, 3.63) is 151 Å². The number of ether oxygens (including phenoxy) is 5. The molecule has 4 N–H and O–H groups in total. The number of likely N-dealkylation sites (N-methyl/N-ethyl adjacent to an activating group) is 6. The largest absolute Gasteiger partial charge is 0.480 e. The number of carboxylic acid groups (broad SMARTS) is 1. The van der Waals surface area contributed by atoms with Gasteiger partial charge < -0.3 is 64.3 Å². The van der Waals surface area contributed by atoms with Gasteiger partial charge in [-0.05, 0) is 81.0 Å². The SMILES string of the molecule is CN(CC(=O)CCCOCCN=[N+]=[N-])C(=O)CN(C)C(=O)OCC1c2ccccc2-c2ccccc21.CN(CC(=O)O)C(=O)CN(C)C(=O)OCC1c2ccccc2-c2ccccc21.CNCC(=O)N(C)CC(=O)CCCOCCN=[N+]=[N-].[2H]CF.[2H]CF.[N-]=[N+]=NCCOCCN. The molecule has 2 aliphatic rings. The standard InChI is InChI=1S/C26H31N5O5.C21H22N2O5.C11H21N5O3.C4H10N4O.2CH3F/c1-30(16-19(32)8-7-14-35-15-13-28-29-27)25(33)17-31(2)26(34)36-18-24-22-11-5-3-9-20(22)21-10-4-6-12-23(21)24;1-22(12-20(25)26)19(24)11-23(2)21(27)28-13-18-16-9-5-3-7-14(16)15-8-4-6-10-17(15)18;1-13-8-11(18)16(2)9-10(17)4-3-6-19-7-5-14-15-12;5-1-3-9-4-2-7-8-6;2*1-2/h3-6,9-12,24H,7-8,13-18H2,1-2H3;3-10,18H,11-13H2,1-2H3,(H,25,26);13H,3-9H2,1-2H3;1-5H2;2*1H3/i;;;;2*1D. The molecule has 32 heteroatoms. The van der Waals surface area contributed by atoms with Gasteiger partial charge in [0.2, 0.25) is 17.7 Å². The van der Waals surface area contributed by atoms with Crippen molar-refractivity contribution in [2.45, 2.75) is 37.5 Å². The Bertz CT molecular complexity index is 3160. The van der Waals surface area contributed by atoms with Crippen molar-refractivity contribution in [1.29, 1.82) is 0 Å². The number of ketones is 2. The number of aliphatic carboxylic acids is 1. The first-order valence-electron chi connectivity index (χ1n) is 31.5. The van der Waals surface area contributed by atoms with Crippen LogP contribution in [0.1, 0.15) is 62.5 Å². The van der Waals surface area contributed by atoms with Crippen LogP contribution in [-0.4, -0.2) is 252 Å². The molecule has 0 saturated heterocycles. The van der Waals surface area contributed by atoms with E-state index in [1.165, 1.54) is 42.9 Å². The molecule has 0 heterocycles. The van der Waals surface area contributed by atoms with Crippen molar-refractivity contribution < 1.29 is 78.7 Å². The minimum absolute atomic E-state index is 0.00518. The predicted molar refractivity (Wildman–Crippen MR) is 356 cm³/mol. The van der Waals surface area contributed by atoms with E-state index in [1.807, 2.05) is 72.8 Å². The third-order valence-corrected chi connectivity index (χ3v) is 13.8. The first-order chi connectivity index (χ1) is 47.2. The van der Waals surface area contributed by atoms with Crippen molar-refractivity contribution in [3.8, 4) is 22.3 Å². The smallest absolute Gasteiger partial charge is 0.409 e. The summed E-state index contributed by atoms with van der Waals surface area (Å²) in [6, 6.07) is 32.2. The molecule has 0 aliphatic heterocycles. The quantitative estimate of drug-likeness (QED) is 0.0169. The number of hydrogen-bond donors (Lipinski definition) is 3. The maximum Gasteiger partial charge on any atom is 0.409 e. The number of benzene rings is 4. The zero-order chi connectivity index (χ0) is 73.0. The number of carboxylic acids is 1. The highest BCUT2D eigenvalue weighted by Crippen LogP contribution is 2.45. The van der Waals surface area contributed by atoms with Crippen LogP contribution in [0.15, 0.2) is 112 Å². The number of amides is 5. The van der Waals surface area contributed by atoms with Gasteiger partial charge in [-0.25, -0.2) is 9.59 Å². The number of azide groups is 3. The van der Waals surface area contributed by atoms with Gasteiger partial charge >= 0.3 is 18.2 Å². The third-order valence-electron chi connectivity index (χ3n) is 13.8. The summed E-state index contributed by atoms with van der Waals surface area (Å²) in [6.07, 6.45) is 0.529. The zero-order valence-corrected chi connectivity index (χ0v) is 55.2. The van der Waals surface area contributed by atoms with E-state index in [-0.39, 0.29) is 94.1 Å². The molecule has 0 bridgehead atoms. The average molecular weight is 1350 g/mol. The average Bonchev–Trinajstić information content (AvgIpc) is 1.63. The number of Topliss-reactive ketones (excluding diaryl/α,β-unsaturated/α-hetero) is 2. The van der Waals surface area contributed by atoms with Gasteiger partial charge in [0.15, 0.2) is 11.6 Å². The summed E-state index contributed by atoms with van der Waals surface area (Å²) in [5.74, 6) is -2.27. The number of hydrogen-bond acceptors (Lipinski definition) is 18. The first kappa shape index (κ1) is 80.5. The van der Waals surface area contributed by atoms with Gasteiger partial charge in [0.05, 0.1) is 63.1 Å². The number of alkyl halides is 2. The van der Waals surface area contributed by atoms with Crippen LogP contribution in [0.2, 0.25) is 0 Å². The van der Waals surface area contributed by atoms with E-state index in [0.717, 1.165) is 54.3 Å². The highest BCUT2D eigenvalue weighted by molar-refractivity contribution is 5.89. The van der Waals surface area contributed by atoms with Crippen molar-refractivity contribution in [2.24, 2.45) is 21.1 Å². The molecule has 0 radical (unpaired) electrons. The fourth-order valence-corrected chi connectivity index (χ4v) is 9.21. The minimum atomic E-state index is -1.11. The lowest BCUT2D eigenvalue weighted by molar-refractivity contribution is -0.143. The van der Waals surface area contributed by atoms with Crippen LogP contribution in [0.5, 0.6) is 0 Å². The Morgan fingerprint density at radius 3 is 1.14 bits per heavy atom. The maximum absolute atomic E-state index is 12.6. The van der Waals surface area contributed by atoms with E-state index >= 15 is 0 Å². The monoisotopic (exact) mass is 1350 g/mol. The van der Waals surface area contributed by atoms with Gasteiger partial charge in [0, 0.05) is 114 Å². The first-order valence-corrected chi connectivity index (χ1v) is 30.1. The summed E-state index contributed by atoms with van der Waals surface area (Å²) in [4.78, 5) is 109. The zero-order valence-electron chi connectivity index (χ0n) is 57.2. The molecule has 6 rings (SSSR count). The van der Waals surface area contributed by atoms with Gasteiger partial charge in [-0.2, -0.15) is 0 Å². The summed E-state index contributed by atoms with van der Waals surface area (Å²) in [5, 5.41) is 21.4. The molecule has 2 aliphatic carbocycles. The number of nitrogens with zero attached hydrogens (tertiary/aromatic N) is 14. The summed E-state index contributed by atoms with van der Waals surface area (Å²) < 4.78 is 57.4. The number of halogens is 2. The third kappa shape index (κ3) is 31.9. The van der Waals surface area contributed by atoms with Gasteiger partial charge in [-0.1, -0.05) is 112 Å². The second-order valence-corrected chi connectivity index (χ2v) is 20.8. The van der Waals surface area contributed by atoms with Gasteiger partial charge in [-0.3, -0.25) is 37.5 Å². The highest BCUT2D eigenvalue weighted by atomic mass is 19.1. The normalized spacial score (nSPS) is 11.1. The molecule has 0 fully saturated rings. The topological polar surface area (TPSA) is 403 Å². The second-order valence-electron chi connectivity index (χ2n) is 20.8. The Kier molecular flexibility index (Phi) is 42.5. The summed E-state index contributed by atoms with van der Waals surface area (Å²) >= 11 is 0. The van der Waals surface area contributed by atoms with Crippen LogP contribution >= 0.6 is 0 Å². The van der Waals surface area contributed by atoms with E-state index in [2.05, 4.69) is 59.7 Å². The molecule has 4 aromatic rings. The second kappa shape index (κ2) is 50.7. The van der Waals surface area contributed by atoms with E-state index in [1.54, 1.807) is 14.1 Å². The van der Waals surface area contributed by atoms with E-state index in [0.29, 0.717) is 78.5 Å². The van der Waals surface area contributed by atoms with Crippen LogP contribution in [0, 0.1) is 0 Å². The molecule has 0 saturated carbocycles. The molecule has 96 heavy (non-hydrogen) atoms. The molecule has 30 nitrogen and oxygen atoms in total. The Hall–Kier alpha value is -9.77. The molecule has 524 valence electrons. The van der Waals surface area contributed by atoms with Gasteiger partial charge in [0.1, 0.15) is 32.8 Å². The molecule has 0 spiro atoms. The molecular formula is C64H90F2N16O14. The summed E-state index contributed by atoms with van der Waals surface area (Å²) in [6.45, 7) is 3.69. The summed E-state index contributed by atoms with van der Waals surface area (Å²) in [7, 11) is 7.14. The number of carbonyl (C=O) groups is 8. The van der Waals surface area contributed by atoms with Crippen molar-refractivity contribution in [2.75, 3.05) is 175 Å². The van der Waals surface area contributed by atoms with Crippen molar-refractivity contribution in [1.82, 2.24) is 29.8 Å². The molecule has 5 amide bonds. The lowest BCUT2D eigenvalue weighted by Gasteiger charge is -2.22. The Morgan fingerprint density at radius 1 is 0.510 bits per heavy atom. The van der Waals surface area contributed by atoms with Crippen LogP contribution in [0.25, 0.3) is 53.6 Å².